The minimum atomic E-state index is -0.376. The number of hydrogen-bond acceptors (Lipinski definition) is 2. The highest BCUT2D eigenvalue weighted by molar-refractivity contribution is 5.38. The van der Waals surface area contributed by atoms with Gasteiger partial charge in [0.1, 0.15) is 12.4 Å². The molecular weight excluding hydrogens is 219 g/mol. The molecule has 0 saturated heterocycles. The van der Waals surface area contributed by atoms with E-state index in [1.807, 2.05) is 0 Å². The van der Waals surface area contributed by atoms with Crippen LogP contribution in [0, 0.1) is 23.6 Å². The summed E-state index contributed by atoms with van der Waals surface area (Å²) in [5.74, 6) is 5.10. The van der Waals surface area contributed by atoms with Crippen LogP contribution in [0.15, 0.2) is 18.2 Å². The monoisotopic (exact) mass is 236 g/mol. The Kier molecular flexibility index (Phi) is 5.68. The normalized spacial score (nSPS) is 10.2. The lowest BCUT2D eigenvalue weighted by molar-refractivity contribution is 0.0970. The van der Waals surface area contributed by atoms with Crippen LogP contribution in [0.4, 0.5) is 4.39 Å². The molecule has 1 N–H and O–H groups in total. The maximum absolute atomic E-state index is 13.3. The SMILES string of the molecule is CC(C)COCc1ccc(F)c(C#CCO)c1. The second kappa shape index (κ2) is 7.05. The highest BCUT2D eigenvalue weighted by atomic mass is 19.1. The van der Waals surface area contributed by atoms with Crippen LogP contribution in [0.2, 0.25) is 0 Å². The predicted octanol–water partition coefficient (Wildman–Crippen LogP) is 2.34. The fourth-order valence-corrected chi connectivity index (χ4v) is 1.31. The van der Waals surface area contributed by atoms with E-state index in [-0.39, 0.29) is 12.4 Å². The van der Waals surface area contributed by atoms with E-state index in [4.69, 9.17) is 9.84 Å². The summed E-state index contributed by atoms with van der Waals surface area (Å²) in [6.07, 6.45) is 0. The summed E-state index contributed by atoms with van der Waals surface area (Å²) in [6.45, 7) is 5.00. The number of rotatable bonds is 4. The predicted molar refractivity (Wildman–Crippen MR) is 64.9 cm³/mol. The number of aliphatic hydroxyl groups excluding tert-OH is 1. The van der Waals surface area contributed by atoms with Gasteiger partial charge in [0.2, 0.25) is 0 Å². The molecule has 3 heteroatoms. The van der Waals surface area contributed by atoms with Gasteiger partial charge in [-0.3, -0.25) is 0 Å². The molecule has 0 atom stereocenters. The zero-order chi connectivity index (χ0) is 12.7. The van der Waals surface area contributed by atoms with E-state index < -0.39 is 0 Å². The first kappa shape index (κ1) is 13.7. The molecule has 0 saturated carbocycles. The Morgan fingerprint density at radius 1 is 1.41 bits per heavy atom. The van der Waals surface area contributed by atoms with Gasteiger partial charge in [-0.15, -0.1) is 0 Å². The van der Waals surface area contributed by atoms with Gasteiger partial charge >= 0.3 is 0 Å². The van der Waals surface area contributed by atoms with Gasteiger partial charge in [-0.2, -0.15) is 0 Å². The number of halogens is 1. The Morgan fingerprint density at radius 2 is 2.18 bits per heavy atom. The Labute approximate surface area is 101 Å². The second-order valence-electron chi connectivity index (χ2n) is 4.18. The van der Waals surface area contributed by atoms with Crippen molar-refractivity contribution in [3.8, 4) is 11.8 Å². The molecule has 17 heavy (non-hydrogen) atoms. The van der Waals surface area contributed by atoms with Gasteiger partial charge in [0.15, 0.2) is 0 Å². The lowest BCUT2D eigenvalue weighted by atomic mass is 10.1. The molecule has 1 aromatic carbocycles. The van der Waals surface area contributed by atoms with E-state index in [1.54, 1.807) is 12.1 Å². The zero-order valence-electron chi connectivity index (χ0n) is 10.2. The third kappa shape index (κ3) is 4.99. The Balaban J connectivity index is 2.68. The summed E-state index contributed by atoms with van der Waals surface area (Å²) in [4.78, 5) is 0. The second-order valence-corrected chi connectivity index (χ2v) is 4.18. The van der Waals surface area contributed by atoms with E-state index >= 15 is 0 Å². The fourth-order valence-electron chi connectivity index (χ4n) is 1.31. The first-order chi connectivity index (χ1) is 8.13. The van der Waals surface area contributed by atoms with E-state index in [9.17, 15) is 4.39 Å². The fraction of sp³-hybridized carbons (Fsp3) is 0.429. The van der Waals surface area contributed by atoms with Crippen LogP contribution in [0.5, 0.6) is 0 Å². The van der Waals surface area contributed by atoms with Gasteiger partial charge in [-0.05, 0) is 23.6 Å². The molecule has 0 amide bonds. The van der Waals surface area contributed by atoms with E-state index in [2.05, 4.69) is 25.7 Å². The lowest BCUT2D eigenvalue weighted by Gasteiger charge is -2.07. The number of ether oxygens (including phenoxy) is 1. The molecule has 0 aliphatic rings. The molecule has 2 nitrogen and oxygen atoms in total. The van der Waals surface area contributed by atoms with Gasteiger partial charge in [0, 0.05) is 6.61 Å². The van der Waals surface area contributed by atoms with Gasteiger partial charge < -0.3 is 9.84 Å². The van der Waals surface area contributed by atoms with Crippen molar-refractivity contribution >= 4 is 0 Å². The molecule has 1 rings (SSSR count). The maximum Gasteiger partial charge on any atom is 0.138 e. The Morgan fingerprint density at radius 3 is 2.82 bits per heavy atom. The molecule has 0 heterocycles. The molecule has 0 aromatic heterocycles. The van der Waals surface area contributed by atoms with Crippen LogP contribution < -0.4 is 0 Å². The molecule has 0 spiro atoms. The lowest BCUT2D eigenvalue weighted by Crippen LogP contribution is -2.02. The van der Waals surface area contributed by atoms with Crippen LogP contribution in [-0.2, 0) is 11.3 Å². The highest BCUT2D eigenvalue weighted by Crippen LogP contribution is 2.11. The Hall–Kier alpha value is -1.37. The summed E-state index contributed by atoms with van der Waals surface area (Å²) in [6, 6.07) is 4.70. The molecular formula is C14H17FO2. The average molecular weight is 236 g/mol. The first-order valence-corrected chi connectivity index (χ1v) is 5.59. The van der Waals surface area contributed by atoms with Crippen LogP contribution in [0.3, 0.4) is 0 Å². The maximum atomic E-state index is 13.3. The molecule has 0 unspecified atom stereocenters. The van der Waals surface area contributed by atoms with Crippen molar-refractivity contribution in [2.24, 2.45) is 5.92 Å². The third-order valence-electron chi connectivity index (χ3n) is 2.05. The van der Waals surface area contributed by atoms with Gasteiger partial charge in [-0.1, -0.05) is 31.8 Å². The average Bonchev–Trinajstić information content (AvgIpc) is 2.29. The molecule has 0 fully saturated rings. The first-order valence-electron chi connectivity index (χ1n) is 5.59. The van der Waals surface area contributed by atoms with E-state index in [0.717, 1.165) is 5.56 Å². The van der Waals surface area contributed by atoms with E-state index in [1.165, 1.54) is 6.07 Å². The summed E-state index contributed by atoms with van der Waals surface area (Å²) < 4.78 is 18.8. The molecule has 1 aromatic rings. The van der Waals surface area contributed by atoms with Crippen molar-refractivity contribution in [3.63, 3.8) is 0 Å². The minimum Gasteiger partial charge on any atom is -0.384 e. The Bertz CT molecular complexity index is 416. The molecule has 0 radical (unpaired) electrons. The van der Waals surface area contributed by atoms with Crippen molar-refractivity contribution < 1.29 is 14.2 Å². The van der Waals surface area contributed by atoms with Crippen molar-refractivity contribution in [2.75, 3.05) is 13.2 Å². The summed E-state index contributed by atoms with van der Waals surface area (Å²) in [7, 11) is 0. The smallest absolute Gasteiger partial charge is 0.138 e. The number of aliphatic hydroxyl groups is 1. The van der Waals surface area contributed by atoms with Crippen molar-refractivity contribution in [2.45, 2.75) is 20.5 Å². The molecule has 0 bridgehead atoms. The van der Waals surface area contributed by atoms with Crippen molar-refractivity contribution in [1.82, 2.24) is 0 Å². The summed E-state index contributed by atoms with van der Waals surface area (Å²) in [5, 5.41) is 8.57. The summed E-state index contributed by atoms with van der Waals surface area (Å²) >= 11 is 0. The molecule has 0 aliphatic carbocycles. The van der Waals surface area contributed by atoms with Crippen LogP contribution in [0.25, 0.3) is 0 Å². The number of hydrogen-bond donors (Lipinski definition) is 1. The molecule has 0 aliphatic heterocycles. The largest absolute Gasteiger partial charge is 0.384 e. The zero-order valence-corrected chi connectivity index (χ0v) is 10.2. The minimum absolute atomic E-state index is 0.270. The van der Waals surface area contributed by atoms with Gasteiger partial charge in [-0.25, -0.2) is 4.39 Å². The van der Waals surface area contributed by atoms with Crippen LogP contribution in [-0.4, -0.2) is 18.3 Å². The highest BCUT2D eigenvalue weighted by Gasteiger charge is 2.02. The standard InChI is InChI=1S/C14H17FO2/c1-11(2)9-17-10-12-5-6-14(15)13(8-12)4-3-7-16/h5-6,8,11,16H,7,9-10H2,1-2H3. The van der Waals surface area contributed by atoms with E-state index in [0.29, 0.717) is 24.7 Å². The van der Waals surface area contributed by atoms with Crippen LogP contribution >= 0.6 is 0 Å². The topological polar surface area (TPSA) is 29.5 Å². The van der Waals surface area contributed by atoms with Crippen molar-refractivity contribution in [1.29, 1.82) is 0 Å². The van der Waals surface area contributed by atoms with Gasteiger partial charge in [0.25, 0.3) is 0 Å². The third-order valence-corrected chi connectivity index (χ3v) is 2.05. The van der Waals surface area contributed by atoms with Crippen molar-refractivity contribution in [3.05, 3.63) is 35.1 Å². The summed E-state index contributed by atoms with van der Waals surface area (Å²) in [5.41, 5.74) is 1.18. The van der Waals surface area contributed by atoms with Crippen LogP contribution in [0.1, 0.15) is 25.0 Å². The quantitative estimate of drug-likeness (QED) is 0.813. The van der Waals surface area contributed by atoms with Gasteiger partial charge in [0.05, 0.1) is 12.2 Å². The number of benzene rings is 1. The molecule has 92 valence electrons.